The van der Waals surface area contributed by atoms with Crippen LogP contribution in [0.4, 0.5) is 4.79 Å². The Morgan fingerprint density at radius 2 is 1.60 bits per heavy atom. The van der Waals surface area contributed by atoms with Gasteiger partial charge in [0.05, 0.1) is 6.61 Å². The molecule has 0 saturated carbocycles. The monoisotopic (exact) mass is 480 g/mol. The summed E-state index contributed by atoms with van der Waals surface area (Å²) in [6, 6.07) is 16.2. The number of amides is 2. The molecule has 2 aromatic carbocycles. The maximum atomic E-state index is 13.3. The zero-order valence-electron chi connectivity index (χ0n) is 20.2. The van der Waals surface area contributed by atoms with E-state index in [0.29, 0.717) is 25.9 Å². The Morgan fingerprint density at radius 1 is 1.03 bits per heavy atom. The molecule has 0 bridgehead atoms. The highest BCUT2D eigenvalue weighted by Gasteiger charge is 2.40. The highest BCUT2D eigenvalue weighted by atomic mass is 16.5. The molecule has 1 atom stereocenters. The van der Waals surface area contributed by atoms with Gasteiger partial charge in [0.15, 0.2) is 0 Å². The number of carbonyl (C=O) groups excluding carboxylic acids is 2. The number of rotatable bonds is 8. The maximum absolute atomic E-state index is 13.3. The fourth-order valence-electron chi connectivity index (χ4n) is 5.24. The largest absolute Gasteiger partial charge is 0.481 e. The Kier molecular flexibility index (Phi) is 7.40. The molecule has 0 aromatic heterocycles. The molecule has 8 heteroatoms. The SMILES string of the molecule is COCC(C)(NC(=O)OCC1c2ccccc2-c2ccccc21)C(=O)N1CCC(CC(=O)O)CC1. The molecule has 1 unspecified atom stereocenters. The van der Waals surface area contributed by atoms with Gasteiger partial charge < -0.3 is 24.8 Å². The predicted molar refractivity (Wildman–Crippen MR) is 130 cm³/mol. The van der Waals surface area contributed by atoms with Gasteiger partial charge >= 0.3 is 12.1 Å². The fourth-order valence-corrected chi connectivity index (χ4v) is 5.24. The number of methoxy groups -OCH3 is 1. The van der Waals surface area contributed by atoms with Crippen molar-refractivity contribution in [3.63, 3.8) is 0 Å². The van der Waals surface area contributed by atoms with E-state index in [2.05, 4.69) is 17.4 Å². The summed E-state index contributed by atoms with van der Waals surface area (Å²) in [7, 11) is 1.48. The summed E-state index contributed by atoms with van der Waals surface area (Å²) in [5.74, 6) is -1.11. The number of likely N-dealkylation sites (tertiary alicyclic amines) is 1. The van der Waals surface area contributed by atoms with E-state index in [4.69, 9.17) is 14.6 Å². The standard InChI is InChI=1S/C27H32N2O6/c1-27(17-34-2,25(32)29-13-11-18(12-14-29)15-24(30)31)28-26(33)35-16-23-21-9-5-3-7-19(21)20-8-4-6-10-22(20)23/h3-10,18,23H,11-17H2,1-2H3,(H,28,33)(H,30,31). The van der Waals surface area contributed by atoms with Crippen molar-refractivity contribution in [1.82, 2.24) is 10.2 Å². The minimum Gasteiger partial charge on any atom is -0.481 e. The van der Waals surface area contributed by atoms with E-state index in [0.717, 1.165) is 22.3 Å². The van der Waals surface area contributed by atoms with Crippen LogP contribution in [0.3, 0.4) is 0 Å². The van der Waals surface area contributed by atoms with Crippen molar-refractivity contribution in [2.24, 2.45) is 5.92 Å². The van der Waals surface area contributed by atoms with Gasteiger partial charge in [-0.05, 0) is 47.9 Å². The van der Waals surface area contributed by atoms with Gasteiger partial charge in [-0.1, -0.05) is 48.5 Å². The van der Waals surface area contributed by atoms with Gasteiger partial charge in [0.2, 0.25) is 0 Å². The average Bonchev–Trinajstić information content (AvgIpc) is 3.16. The Hall–Kier alpha value is -3.39. The van der Waals surface area contributed by atoms with E-state index in [9.17, 15) is 14.4 Å². The molecule has 4 rings (SSSR count). The fraction of sp³-hybridized carbons (Fsp3) is 0.444. The van der Waals surface area contributed by atoms with Gasteiger partial charge in [-0.2, -0.15) is 0 Å². The van der Waals surface area contributed by atoms with E-state index < -0.39 is 17.6 Å². The van der Waals surface area contributed by atoms with Crippen molar-refractivity contribution < 1.29 is 29.0 Å². The third-order valence-electron chi connectivity index (χ3n) is 6.99. The Balaban J connectivity index is 1.39. The molecule has 1 fully saturated rings. The van der Waals surface area contributed by atoms with Gasteiger partial charge in [-0.25, -0.2) is 4.79 Å². The highest BCUT2D eigenvalue weighted by Crippen LogP contribution is 2.44. The maximum Gasteiger partial charge on any atom is 0.408 e. The minimum atomic E-state index is -1.29. The lowest BCUT2D eigenvalue weighted by Gasteiger charge is -2.38. The normalized spacial score (nSPS) is 17.3. The molecule has 1 aliphatic heterocycles. The Morgan fingerprint density at radius 3 is 2.14 bits per heavy atom. The van der Waals surface area contributed by atoms with Gasteiger partial charge in [-0.15, -0.1) is 0 Å². The summed E-state index contributed by atoms with van der Waals surface area (Å²) in [6.07, 6.45) is 0.661. The lowest BCUT2D eigenvalue weighted by Crippen LogP contribution is -2.61. The molecule has 35 heavy (non-hydrogen) atoms. The van der Waals surface area contributed by atoms with E-state index in [-0.39, 0.29) is 37.4 Å². The first-order valence-corrected chi connectivity index (χ1v) is 12.0. The third-order valence-corrected chi connectivity index (χ3v) is 6.99. The first-order valence-electron chi connectivity index (χ1n) is 12.0. The van der Waals surface area contributed by atoms with Crippen molar-refractivity contribution in [1.29, 1.82) is 0 Å². The van der Waals surface area contributed by atoms with Crippen molar-refractivity contribution in [3.8, 4) is 11.1 Å². The zero-order chi connectivity index (χ0) is 25.0. The summed E-state index contributed by atoms with van der Waals surface area (Å²) >= 11 is 0. The number of piperidine rings is 1. The molecule has 2 aromatic rings. The average molecular weight is 481 g/mol. The number of ether oxygens (including phenoxy) is 2. The first kappa shape index (κ1) is 24.7. The van der Waals surface area contributed by atoms with Crippen molar-refractivity contribution in [2.45, 2.75) is 37.6 Å². The molecule has 1 heterocycles. The zero-order valence-corrected chi connectivity index (χ0v) is 20.2. The predicted octanol–water partition coefficient (Wildman–Crippen LogP) is 3.64. The number of carboxylic acid groups (broad SMARTS) is 1. The van der Waals surface area contributed by atoms with Crippen LogP contribution < -0.4 is 5.32 Å². The van der Waals surface area contributed by atoms with Crippen LogP contribution in [-0.2, 0) is 19.1 Å². The number of nitrogens with zero attached hydrogens (tertiary/aromatic N) is 1. The molecule has 8 nitrogen and oxygen atoms in total. The van der Waals surface area contributed by atoms with E-state index in [1.165, 1.54) is 7.11 Å². The molecule has 1 saturated heterocycles. The van der Waals surface area contributed by atoms with Gasteiger partial charge in [0, 0.05) is 32.5 Å². The lowest BCUT2D eigenvalue weighted by atomic mass is 9.92. The van der Waals surface area contributed by atoms with Gasteiger partial charge in [-0.3, -0.25) is 9.59 Å². The second kappa shape index (κ2) is 10.5. The summed E-state index contributed by atoms with van der Waals surface area (Å²) in [4.78, 5) is 38.8. The van der Waals surface area contributed by atoms with Crippen LogP contribution in [-0.4, -0.2) is 66.9 Å². The molecular weight excluding hydrogens is 448 g/mol. The molecule has 186 valence electrons. The highest BCUT2D eigenvalue weighted by molar-refractivity contribution is 5.90. The number of aliphatic carboxylic acids is 1. The number of fused-ring (bicyclic) bond motifs is 3. The number of hydrogen-bond donors (Lipinski definition) is 2. The Labute approximate surface area is 205 Å². The minimum absolute atomic E-state index is 0.00885. The molecular formula is C27H32N2O6. The number of alkyl carbamates (subject to hydrolysis) is 1. The lowest BCUT2D eigenvalue weighted by molar-refractivity contribution is -0.142. The van der Waals surface area contributed by atoms with Crippen LogP contribution >= 0.6 is 0 Å². The van der Waals surface area contributed by atoms with Crippen LogP contribution in [0.15, 0.2) is 48.5 Å². The summed E-state index contributed by atoms with van der Waals surface area (Å²) < 4.78 is 10.9. The second-order valence-corrected chi connectivity index (χ2v) is 9.55. The van der Waals surface area contributed by atoms with Gasteiger partial charge in [0.25, 0.3) is 5.91 Å². The number of nitrogens with one attached hydrogen (secondary N) is 1. The molecule has 2 amide bonds. The van der Waals surface area contributed by atoms with Crippen LogP contribution in [0.5, 0.6) is 0 Å². The molecule has 0 radical (unpaired) electrons. The molecule has 2 aliphatic rings. The van der Waals surface area contributed by atoms with Crippen LogP contribution in [0.2, 0.25) is 0 Å². The molecule has 1 aliphatic carbocycles. The number of benzene rings is 2. The number of carboxylic acids is 1. The summed E-state index contributed by atoms with van der Waals surface area (Å²) in [5, 5.41) is 11.8. The Bertz CT molecular complexity index is 1050. The van der Waals surface area contributed by atoms with E-state index in [1.54, 1.807) is 11.8 Å². The van der Waals surface area contributed by atoms with Crippen LogP contribution in [0.25, 0.3) is 11.1 Å². The third kappa shape index (κ3) is 5.32. The summed E-state index contributed by atoms with van der Waals surface area (Å²) in [6.45, 7) is 2.66. The van der Waals surface area contributed by atoms with Crippen LogP contribution in [0.1, 0.15) is 43.2 Å². The smallest absolute Gasteiger partial charge is 0.408 e. The van der Waals surface area contributed by atoms with Crippen LogP contribution in [0, 0.1) is 5.92 Å². The van der Waals surface area contributed by atoms with Crippen molar-refractivity contribution in [3.05, 3.63) is 59.7 Å². The van der Waals surface area contributed by atoms with E-state index >= 15 is 0 Å². The molecule has 0 spiro atoms. The molecule has 2 N–H and O–H groups in total. The van der Waals surface area contributed by atoms with E-state index in [1.807, 2.05) is 36.4 Å². The first-order chi connectivity index (χ1) is 16.8. The summed E-state index contributed by atoms with van der Waals surface area (Å²) in [5.41, 5.74) is 3.21. The topological polar surface area (TPSA) is 105 Å². The second-order valence-electron chi connectivity index (χ2n) is 9.55. The quantitative estimate of drug-likeness (QED) is 0.598. The number of carbonyl (C=O) groups is 3. The van der Waals surface area contributed by atoms with Crippen molar-refractivity contribution >= 4 is 18.0 Å². The number of hydrogen-bond acceptors (Lipinski definition) is 5. The van der Waals surface area contributed by atoms with Crippen molar-refractivity contribution in [2.75, 3.05) is 33.4 Å². The van der Waals surface area contributed by atoms with Gasteiger partial charge in [0.1, 0.15) is 12.1 Å².